The summed E-state index contributed by atoms with van der Waals surface area (Å²) in [4.78, 5) is 30.3. The van der Waals surface area contributed by atoms with Gasteiger partial charge in [0.15, 0.2) is 0 Å². The Morgan fingerprint density at radius 2 is 2.10 bits per heavy atom. The molecule has 2 aliphatic heterocycles. The van der Waals surface area contributed by atoms with E-state index in [0.717, 1.165) is 47.4 Å². The molecule has 0 spiro atoms. The number of ether oxygens (including phenoxy) is 4. The lowest BCUT2D eigenvalue weighted by molar-refractivity contribution is -0.155. The third-order valence-electron chi connectivity index (χ3n) is 7.64. The van der Waals surface area contributed by atoms with Gasteiger partial charge in [-0.3, -0.25) is 14.9 Å². The molecule has 4 heterocycles. The second-order valence-electron chi connectivity index (χ2n) is 10.6. The molecule has 0 radical (unpaired) electrons. The fourth-order valence-electron chi connectivity index (χ4n) is 5.33. The number of rotatable bonds is 10. The molecule has 0 saturated carbocycles. The van der Waals surface area contributed by atoms with Crippen molar-refractivity contribution in [2.24, 2.45) is 7.05 Å². The molecule has 2 aliphatic rings. The van der Waals surface area contributed by atoms with Crippen molar-refractivity contribution in [3.63, 3.8) is 0 Å². The molecule has 2 aromatic heterocycles. The summed E-state index contributed by atoms with van der Waals surface area (Å²) in [6, 6.07) is 7.43. The molecule has 2 fully saturated rings. The maximum absolute atomic E-state index is 12.9. The molecule has 10 heteroatoms. The SMILES string of the molecule is CO[C@@H](C)[C@H](NCc1ccc2c(c1)nc(-c1cc(C)c(=O)n(C)c1)n2C[C@@H]1CCCO1)C(=O)O[C@H]1CCOC1. The van der Waals surface area contributed by atoms with Crippen LogP contribution in [-0.2, 0) is 43.9 Å². The summed E-state index contributed by atoms with van der Waals surface area (Å²) in [5, 5.41) is 3.33. The number of carbonyl (C=O) groups is 1. The Kier molecular flexibility index (Phi) is 8.46. The van der Waals surface area contributed by atoms with Gasteiger partial charge in [0.05, 0.1) is 43.0 Å². The van der Waals surface area contributed by atoms with Gasteiger partial charge in [-0.05, 0) is 50.5 Å². The molecule has 10 nitrogen and oxygen atoms in total. The summed E-state index contributed by atoms with van der Waals surface area (Å²) in [5.74, 6) is 0.465. The zero-order valence-electron chi connectivity index (χ0n) is 23.1. The van der Waals surface area contributed by atoms with Gasteiger partial charge in [0.2, 0.25) is 0 Å². The van der Waals surface area contributed by atoms with Crippen molar-refractivity contribution in [3.05, 3.63) is 51.9 Å². The first-order valence-corrected chi connectivity index (χ1v) is 13.7. The van der Waals surface area contributed by atoms with Crippen LogP contribution < -0.4 is 10.9 Å². The maximum Gasteiger partial charge on any atom is 0.326 e. The summed E-state index contributed by atoms with van der Waals surface area (Å²) in [5.41, 5.74) is 4.36. The van der Waals surface area contributed by atoms with E-state index in [4.69, 9.17) is 23.9 Å². The molecule has 0 bridgehead atoms. The largest absolute Gasteiger partial charge is 0.459 e. The smallest absolute Gasteiger partial charge is 0.326 e. The molecule has 39 heavy (non-hydrogen) atoms. The molecule has 0 unspecified atom stereocenters. The number of methoxy groups -OCH3 is 1. The van der Waals surface area contributed by atoms with Crippen molar-refractivity contribution < 1.29 is 23.7 Å². The zero-order chi connectivity index (χ0) is 27.5. The van der Waals surface area contributed by atoms with E-state index in [0.29, 0.717) is 38.3 Å². The molecule has 2 saturated heterocycles. The van der Waals surface area contributed by atoms with E-state index in [-0.39, 0.29) is 29.8 Å². The van der Waals surface area contributed by atoms with Gasteiger partial charge in [0, 0.05) is 51.1 Å². The highest BCUT2D eigenvalue weighted by atomic mass is 16.6. The quantitative estimate of drug-likeness (QED) is 0.393. The minimum absolute atomic E-state index is 0.0206. The molecule has 0 aliphatic carbocycles. The molecular weight excluding hydrogens is 500 g/mol. The average Bonchev–Trinajstić information content (AvgIpc) is 3.69. The van der Waals surface area contributed by atoms with Crippen LogP contribution in [0.2, 0.25) is 0 Å². The number of fused-ring (bicyclic) bond motifs is 1. The zero-order valence-corrected chi connectivity index (χ0v) is 23.1. The molecule has 3 aromatic rings. The highest BCUT2D eigenvalue weighted by molar-refractivity contribution is 5.81. The van der Waals surface area contributed by atoms with E-state index in [2.05, 4.69) is 16.0 Å². The molecule has 1 aromatic carbocycles. The second kappa shape index (κ2) is 12.0. The number of aromatic nitrogens is 3. The summed E-state index contributed by atoms with van der Waals surface area (Å²) >= 11 is 0. The topological polar surface area (TPSA) is 106 Å². The van der Waals surface area contributed by atoms with Crippen molar-refractivity contribution in [2.75, 3.05) is 26.9 Å². The number of esters is 1. The van der Waals surface area contributed by atoms with E-state index in [1.54, 1.807) is 18.7 Å². The third kappa shape index (κ3) is 6.09. The van der Waals surface area contributed by atoms with Crippen LogP contribution in [-0.4, -0.2) is 71.4 Å². The van der Waals surface area contributed by atoms with Crippen LogP contribution in [0.1, 0.15) is 37.3 Å². The lowest BCUT2D eigenvalue weighted by atomic mass is 10.1. The number of hydrogen-bond acceptors (Lipinski definition) is 8. The number of pyridine rings is 1. The Morgan fingerprint density at radius 1 is 1.26 bits per heavy atom. The number of benzene rings is 1. The Labute approximate surface area is 228 Å². The minimum Gasteiger partial charge on any atom is -0.459 e. The molecule has 1 N–H and O–H groups in total. The Balaban J connectivity index is 1.42. The number of imidazole rings is 1. The van der Waals surface area contributed by atoms with E-state index < -0.39 is 6.04 Å². The normalized spacial score (nSPS) is 20.9. The molecule has 4 atom stereocenters. The fraction of sp³-hybridized carbons (Fsp3) is 0.552. The minimum atomic E-state index is -0.618. The monoisotopic (exact) mass is 538 g/mol. The Bertz CT molecular complexity index is 1340. The number of hydrogen-bond donors (Lipinski definition) is 1. The highest BCUT2D eigenvalue weighted by Crippen LogP contribution is 2.28. The Hall–Kier alpha value is -3.05. The van der Waals surface area contributed by atoms with Gasteiger partial charge in [0.1, 0.15) is 18.0 Å². The third-order valence-corrected chi connectivity index (χ3v) is 7.64. The van der Waals surface area contributed by atoms with Crippen molar-refractivity contribution in [1.29, 1.82) is 0 Å². The number of nitrogens with one attached hydrogen (secondary N) is 1. The first-order valence-electron chi connectivity index (χ1n) is 13.7. The van der Waals surface area contributed by atoms with Crippen LogP contribution in [0.4, 0.5) is 0 Å². The van der Waals surface area contributed by atoms with E-state index >= 15 is 0 Å². The summed E-state index contributed by atoms with van der Waals surface area (Å²) in [6.07, 6.45) is 4.16. The fourth-order valence-corrected chi connectivity index (χ4v) is 5.33. The number of aryl methyl sites for hydroxylation is 2. The second-order valence-corrected chi connectivity index (χ2v) is 10.6. The lowest BCUT2D eigenvalue weighted by Gasteiger charge is -2.24. The van der Waals surface area contributed by atoms with E-state index in [9.17, 15) is 9.59 Å². The van der Waals surface area contributed by atoms with Gasteiger partial charge in [0.25, 0.3) is 5.56 Å². The van der Waals surface area contributed by atoms with Gasteiger partial charge >= 0.3 is 5.97 Å². The Morgan fingerprint density at radius 3 is 2.79 bits per heavy atom. The molecule has 210 valence electrons. The van der Waals surface area contributed by atoms with Crippen LogP contribution >= 0.6 is 0 Å². The van der Waals surface area contributed by atoms with Gasteiger partial charge in [-0.25, -0.2) is 4.98 Å². The van der Waals surface area contributed by atoms with Crippen LogP contribution in [0, 0.1) is 6.92 Å². The number of carbonyl (C=O) groups excluding carboxylic acids is 1. The van der Waals surface area contributed by atoms with Gasteiger partial charge in [-0.2, -0.15) is 0 Å². The first-order chi connectivity index (χ1) is 18.8. The van der Waals surface area contributed by atoms with E-state index in [1.807, 2.05) is 38.2 Å². The van der Waals surface area contributed by atoms with Gasteiger partial charge in [-0.1, -0.05) is 6.07 Å². The van der Waals surface area contributed by atoms with Crippen LogP contribution in [0.3, 0.4) is 0 Å². The summed E-state index contributed by atoms with van der Waals surface area (Å²) < 4.78 is 26.2. The average molecular weight is 539 g/mol. The van der Waals surface area contributed by atoms with Gasteiger partial charge in [-0.15, -0.1) is 0 Å². The van der Waals surface area contributed by atoms with Crippen molar-refractivity contribution >= 4 is 17.0 Å². The van der Waals surface area contributed by atoms with Crippen LogP contribution in [0.5, 0.6) is 0 Å². The summed E-state index contributed by atoms with van der Waals surface area (Å²) in [6.45, 7) is 6.62. The van der Waals surface area contributed by atoms with Crippen molar-refractivity contribution in [3.8, 4) is 11.4 Å². The first kappa shape index (κ1) is 27.5. The van der Waals surface area contributed by atoms with E-state index in [1.165, 1.54) is 0 Å². The maximum atomic E-state index is 12.9. The molecule has 5 rings (SSSR count). The predicted octanol–water partition coefficient (Wildman–Crippen LogP) is 2.71. The highest BCUT2D eigenvalue weighted by Gasteiger charge is 2.30. The summed E-state index contributed by atoms with van der Waals surface area (Å²) in [7, 11) is 3.35. The predicted molar refractivity (Wildman–Crippen MR) is 147 cm³/mol. The van der Waals surface area contributed by atoms with Crippen LogP contribution in [0.25, 0.3) is 22.4 Å². The lowest BCUT2D eigenvalue weighted by Crippen LogP contribution is -2.47. The standard InChI is InChI=1S/C29H38N4O6/c1-18-12-21(15-32(3)28(18)34)27-31-24-13-20(7-8-25(24)33(27)16-22-6-5-10-38-22)14-30-26(19(2)36-4)29(35)39-23-9-11-37-17-23/h7-8,12-13,15,19,22-23,26,30H,5-6,9-11,14,16-17H2,1-4H3/t19-,22-,23-,26-/m0/s1. The van der Waals surface area contributed by atoms with Crippen LogP contribution in [0.15, 0.2) is 35.3 Å². The van der Waals surface area contributed by atoms with Gasteiger partial charge < -0.3 is 28.1 Å². The van der Waals surface area contributed by atoms with Crippen molar-refractivity contribution in [1.82, 2.24) is 19.4 Å². The number of nitrogens with zero attached hydrogens (tertiary/aromatic N) is 3. The molecular formula is C29H38N4O6. The molecule has 0 amide bonds. The van der Waals surface area contributed by atoms with Crippen molar-refractivity contribution in [2.45, 2.75) is 70.6 Å².